The number of rotatable bonds is 7. The van der Waals surface area contributed by atoms with Crippen molar-refractivity contribution in [2.45, 2.75) is 32.6 Å². The third kappa shape index (κ3) is 9.88. The second kappa shape index (κ2) is 14.3. The van der Waals surface area contributed by atoms with Crippen LogP contribution < -0.4 is 0 Å². The minimum atomic E-state index is -1.11. The highest BCUT2D eigenvalue weighted by Crippen LogP contribution is 2.15. The number of aromatic carboxylic acids is 2. The predicted molar refractivity (Wildman–Crippen MR) is 123 cm³/mol. The zero-order valence-electron chi connectivity index (χ0n) is 18.5. The van der Waals surface area contributed by atoms with Crippen molar-refractivity contribution < 1.29 is 30.0 Å². The van der Waals surface area contributed by atoms with E-state index in [1.165, 1.54) is 56.5 Å². The van der Waals surface area contributed by atoms with E-state index in [0.29, 0.717) is 0 Å². The molecule has 0 bridgehead atoms. The van der Waals surface area contributed by atoms with Gasteiger partial charge in [0.05, 0.1) is 6.67 Å². The van der Waals surface area contributed by atoms with Crippen molar-refractivity contribution >= 4 is 11.9 Å². The molecule has 0 atom stereocenters. The van der Waals surface area contributed by atoms with Gasteiger partial charge in [0, 0.05) is 26.0 Å². The maximum absolute atomic E-state index is 10.3. The van der Waals surface area contributed by atoms with Gasteiger partial charge < -0.3 is 30.2 Å². The van der Waals surface area contributed by atoms with Crippen molar-refractivity contribution in [2.75, 3.05) is 20.3 Å². The number of aromatic hydroxyl groups is 2. The molecular formula is C24H32N2O6. The minimum absolute atomic E-state index is 0.0671. The molecule has 2 aromatic rings. The van der Waals surface area contributed by atoms with Crippen LogP contribution in [0.25, 0.3) is 0 Å². The summed E-state index contributed by atoms with van der Waals surface area (Å²) in [7, 11) is 2.11. The van der Waals surface area contributed by atoms with Crippen molar-refractivity contribution in [1.82, 2.24) is 9.80 Å². The van der Waals surface area contributed by atoms with E-state index in [1.54, 1.807) is 24.3 Å². The van der Waals surface area contributed by atoms with Gasteiger partial charge in [-0.05, 0) is 30.7 Å². The molecule has 1 heterocycles. The van der Waals surface area contributed by atoms with Gasteiger partial charge in [0.25, 0.3) is 0 Å². The summed E-state index contributed by atoms with van der Waals surface area (Å²) in [6.45, 7) is 4.55. The van der Waals surface area contributed by atoms with Gasteiger partial charge in [-0.15, -0.1) is 0 Å². The standard InChI is InChI=1S/C10H20N2.2C7H6O3/c1-3-4-5-6-7-12-9-8-11(2)10-12;2*8-6-4-2-1-3-5(6)7(9)10/h8-9H,3-7,10H2,1-2H3;2*1-4,8H,(H,9,10). The lowest BCUT2D eigenvalue weighted by Crippen LogP contribution is -2.23. The van der Waals surface area contributed by atoms with E-state index in [-0.39, 0.29) is 22.6 Å². The first-order chi connectivity index (χ1) is 15.3. The molecule has 2 aromatic carbocycles. The largest absolute Gasteiger partial charge is 0.507 e. The number of nitrogens with zero attached hydrogens (tertiary/aromatic N) is 2. The fourth-order valence-corrected chi connectivity index (χ4v) is 2.78. The van der Waals surface area contributed by atoms with E-state index in [9.17, 15) is 9.59 Å². The van der Waals surface area contributed by atoms with Crippen LogP contribution in [-0.2, 0) is 0 Å². The summed E-state index contributed by atoms with van der Waals surface area (Å²) in [5.41, 5.74) is -0.134. The number of carbonyl (C=O) groups is 2. The molecule has 0 fully saturated rings. The second-order valence-electron chi connectivity index (χ2n) is 7.21. The molecule has 174 valence electrons. The Kier molecular flexibility index (Phi) is 11.8. The lowest BCUT2D eigenvalue weighted by atomic mass is 10.2. The zero-order valence-corrected chi connectivity index (χ0v) is 18.5. The van der Waals surface area contributed by atoms with Crippen LogP contribution in [0.15, 0.2) is 60.9 Å². The number of hydrogen-bond donors (Lipinski definition) is 4. The highest BCUT2D eigenvalue weighted by molar-refractivity contribution is 5.91. The number of carboxylic acids is 2. The van der Waals surface area contributed by atoms with E-state index in [1.807, 2.05) is 0 Å². The number of phenols is 2. The highest BCUT2D eigenvalue weighted by Gasteiger charge is 2.07. The van der Waals surface area contributed by atoms with Crippen LogP contribution in [-0.4, -0.2) is 62.4 Å². The van der Waals surface area contributed by atoms with Crippen LogP contribution in [0.5, 0.6) is 11.5 Å². The molecule has 0 unspecified atom stereocenters. The summed E-state index contributed by atoms with van der Waals surface area (Å²) >= 11 is 0. The summed E-state index contributed by atoms with van der Waals surface area (Å²) in [4.78, 5) is 25.1. The Balaban J connectivity index is 0.000000241. The van der Waals surface area contributed by atoms with E-state index in [0.717, 1.165) is 6.67 Å². The van der Waals surface area contributed by atoms with Crippen LogP contribution in [0.1, 0.15) is 53.3 Å². The Morgan fingerprint density at radius 3 is 1.66 bits per heavy atom. The molecule has 0 radical (unpaired) electrons. The van der Waals surface area contributed by atoms with Gasteiger partial charge in [-0.1, -0.05) is 50.5 Å². The number of benzene rings is 2. The molecule has 0 amide bonds. The third-order valence-corrected chi connectivity index (χ3v) is 4.50. The average Bonchev–Trinajstić information content (AvgIpc) is 3.17. The lowest BCUT2D eigenvalue weighted by molar-refractivity contribution is 0.0682. The number of carboxylic acid groups (broad SMARTS) is 2. The lowest BCUT2D eigenvalue weighted by Gasteiger charge is -2.17. The Hall–Kier alpha value is -3.68. The van der Waals surface area contributed by atoms with Crippen molar-refractivity contribution in [3.8, 4) is 11.5 Å². The van der Waals surface area contributed by atoms with Crippen LogP contribution in [0, 0.1) is 0 Å². The Morgan fingerprint density at radius 1 is 0.812 bits per heavy atom. The third-order valence-electron chi connectivity index (χ3n) is 4.50. The van der Waals surface area contributed by atoms with E-state index in [2.05, 4.69) is 36.2 Å². The molecular weight excluding hydrogens is 412 g/mol. The summed E-state index contributed by atoms with van der Waals surface area (Å²) in [6, 6.07) is 11.6. The Morgan fingerprint density at radius 2 is 1.31 bits per heavy atom. The normalized spacial score (nSPS) is 11.8. The quantitative estimate of drug-likeness (QED) is 0.463. The maximum Gasteiger partial charge on any atom is 0.339 e. The molecule has 0 spiro atoms. The SMILES string of the molecule is CCCCCCN1C=CN(C)C1.O=C(O)c1ccccc1O.O=C(O)c1ccccc1O. The minimum Gasteiger partial charge on any atom is -0.507 e. The van der Waals surface area contributed by atoms with E-state index in [4.69, 9.17) is 20.4 Å². The number of hydrogen-bond acceptors (Lipinski definition) is 6. The van der Waals surface area contributed by atoms with Gasteiger partial charge in [-0.2, -0.15) is 0 Å². The molecule has 0 aliphatic carbocycles. The summed E-state index contributed by atoms with van der Waals surface area (Å²) < 4.78 is 0. The zero-order chi connectivity index (χ0) is 23.9. The van der Waals surface area contributed by atoms with Crippen molar-refractivity contribution in [3.63, 3.8) is 0 Å². The molecule has 0 aromatic heterocycles. The summed E-state index contributed by atoms with van der Waals surface area (Å²) in [5.74, 6) is -2.62. The van der Waals surface area contributed by atoms with Crippen molar-refractivity contribution in [2.24, 2.45) is 0 Å². The molecule has 3 rings (SSSR count). The van der Waals surface area contributed by atoms with Crippen molar-refractivity contribution in [3.05, 3.63) is 72.1 Å². The smallest absolute Gasteiger partial charge is 0.339 e. The topological polar surface area (TPSA) is 122 Å². The molecule has 8 heteroatoms. The molecule has 1 aliphatic rings. The van der Waals surface area contributed by atoms with Gasteiger partial charge in [-0.25, -0.2) is 9.59 Å². The molecule has 1 aliphatic heterocycles. The van der Waals surface area contributed by atoms with Crippen LogP contribution in [0.3, 0.4) is 0 Å². The van der Waals surface area contributed by atoms with Gasteiger partial charge in [-0.3, -0.25) is 0 Å². The van der Waals surface area contributed by atoms with Gasteiger partial charge in [0.1, 0.15) is 22.6 Å². The summed E-state index contributed by atoms with van der Waals surface area (Å²) in [5, 5.41) is 34.6. The molecule has 8 nitrogen and oxygen atoms in total. The fourth-order valence-electron chi connectivity index (χ4n) is 2.78. The fraction of sp³-hybridized carbons (Fsp3) is 0.333. The van der Waals surface area contributed by atoms with Crippen molar-refractivity contribution in [1.29, 1.82) is 0 Å². The Labute approximate surface area is 188 Å². The first-order valence-electron chi connectivity index (χ1n) is 10.4. The van der Waals surface area contributed by atoms with Gasteiger partial charge >= 0.3 is 11.9 Å². The number of para-hydroxylation sites is 2. The van der Waals surface area contributed by atoms with E-state index >= 15 is 0 Å². The van der Waals surface area contributed by atoms with Crippen LogP contribution >= 0.6 is 0 Å². The average molecular weight is 445 g/mol. The second-order valence-corrected chi connectivity index (χ2v) is 7.21. The first kappa shape index (κ1) is 26.4. The predicted octanol–water partition coefficient (Wildman–Crippen LogP) is 4.42. The van der Waals surface area contributed by atoms with Crippen LogP contribution in [0.4, 0.5) is 0 Å². The summed E-state index contributed by atoms with van der Waals surface area (Å²) in [6.07, 6.45) is 9.76. The monoisotopic (exact) mass is 444 g/mol. The maximum atomic E-state index is 10.3. The van der Waals surface area contributed by atoms with Gasteiger partial charge in [0.15, 0.2) is 0 Å². The number of unbranched alkanes of at least 4 members (excludes halogenated alkanes) is 3. The molecule has 32 heavy (non-hydrogen) atoms. The highest BCUT2D eigenvalue weighted by atomic mass is 16.4. The van der Waals surface area contributed by atoms with E-state index < -0.39 is 11.9 Å². The first-order valence-corrected chi connectivity index (χ1v) is 10.4. The Bertz CT molecular complexity index is 829. The molecule has 4 N–H and O–H groups in total. The van der Waals surface area contributed by atoms with Crippen LogP contribution in [0.2, 0.25) is 0 Å². The van der Waals surface area contributed by atoms with Gasteiger partial charge in [0.2, 0.25) is 0 Å². The molecule has 0 saturated heterocycles. The molecule has 0 saturated carbocycles.